The maximum atomic E-state index is 15.4. The van der Waals surface area contributed by atoms with Crippen molar-refractivity contribution in [2.24, 2.45) is 5.16 Å². The summed E-state index contributed by atoms with van der Waals surface area (Å²) in [6.45, 7) is 1.99. The molecule has 0 saturated carbocycles. The van der Waals surface area contributed by atoms with E-state index in [0.29, 0.717) is 28.6 Å². The molecule has 0 spiro atoms. The molecule has 2 aliphatic heterocycles. The van der Waals surface area contributed by atoms with E-state index >= 15 is 4.79 Å². The average molecular weight is 1100 g/mol. The van der Waals surface area contributed by atoms with Gasteiger partial charge >= 0.3 is 12.1 Å². The normalized spacial score (nSPS) is 15.3. The molecule has 8 aromatic rings. The van der Waals surface area contributed by atoms with Crippen LogP contribution in [0, 0.1) is 0 Å². The minimum atomic E-state index is -1.39. The van der Waals surface area contributed by atoms with Gasteiger partial charge in [0.2, 0.25) is 5.60 Å². The minimum absolute atomic E-state index is 0.0107. The summed E-state index contributed by atoms with van der Waals surface area (Å²) >= 11 is 2.64. The highest BCUT2D eigenvalue weighted by Crippen LogP contribution is 2.44. The Morgan fingerprint density at radius 3 is 1.71 bits per heavy atom. The largest absolute Gasteiger partial charge is 0.497 e. The number of rotatable bonds is 21. The Morgan fingerprint density at radius 1 is 0.700 bits per heavy atom. The molecule has 1 fully saturated rings. The number of ether oxygens (including phenoxy) is 3. The second kappa shape index (κ2) is 25.0. The zero-order valence-electron chi connectivity index (χ0n) is 43.8. The number of benzene rings is 7. The van der Waals surface area contributed by atoms with Gasteiger partial charge in [0.1, 0.15) is 47.3 Å². The van der Waals surface area contributed by atoms with E-state index in [2.05, 4.69) is 52.3 Å². The number of anilines is 1. The van der Waals surface area contributed by atoms with Gasteiger partial charge < -0.3 is 35.0 Å². The number of thioether (sulfide) groups is 1. The lowest BCUT2D eigenvalue weighted by atomic mass is 9.77. The standard InChI is InChI=1S/C64H56N6O8S2/c1-3-65-62(74)76-40-22-23-45-42-79-59-55(58(72)70(59)56(45)60(73)77-41-44-36-38-52(75-2)39-37-44)67-57(71)54(69-78-64(49-30-16-7-17-31-49,50-32-18-8-19-33-50)51-34-20-9-21-35-51)53-43-80-61(66-53)68-63(46-24-10-4-11-25-46,47-26-12-5-13-27-47)48-28-14-6-15-29-48/h4-39,43,55,59H,3,40-42H2,1-2H3,(H,65,74)(H,66,68)(H,67,71)/b23-22-,69-54-/t55?,59-/m1/s1. The van der Waals surface area contributed by atoms with E-state index in [1.807, 2.05) is 146 Å². The number of nitrogens with zero attached hydrogens (tertiary/aromatic N) is 3. The zero-order valence-corrected chi connectivity index (χ0v) is 45.4. The molecule has 3 N–H and O–H groups in total. The lowest BCUT2D eigenvalue weighted by molar-refractivity contribution is -0.153. The first kappa shape index (κ1) is 54.1. The molecule has 1 saturated heterocycles. The van der Waals surface area contributed by atoms with Gasteiger partial charge in [0.05, 0.1) is 7.11 Å². The number of allylic oxidation sites excluding steroid dienone is 1. The van der Waals surface area contributed by atoms with Crippen molar-refractivity contribution < 1.29 is 38.2 Å². The number of esters is 1. The van der Waals surface area contributed by atoms with E-state index in [-0.39, 0.29) is 36.1 Å². The van der Waals surface area contributed by atoms with Crippen LogP contribution in [0.2, 0.25) is 0 Å². The van der Waals surface area contributed by atoms with Gasteiger partial charge in [-0.15, -0.1) is 23.1 Å². The number of β-lactam (4-membered cyclic amide) rings is 1. The first-order chi connectivity index (χ1) is 39.2. The van der Waals surface area contributed by atoms with Gasteiger partial charge in [0.25, 0.3) is 11.8 Å². The topological polar surface area (TPSA) is 170 Å². The number of carbonyl (C=O) groups excluding carboxylic acids is 4. The number of nitrogens with one attached hydrogen (secondary N) is 3. The Bertz CT molecular complexity index is 3320. The van der Waals surface area contributed by atoms with Crippen LogP contribution in [-0.2, 0) is 46.4 Å². The number of amides is 3. The van der Waals surface area contributed by atoms with Gasteiger partial charge in [0.15, 0.2) is 10.8 Å². The van der Waals surface area contributed by atoms with Crippen LogP contribution in [0.4, 0.5) is 9.93 Å². The number of hydrogen-bond donors (Lipinski definition) is 3. The van der Waals surface area contributed by atoms with Crippen LogP contribution < -0.4 is 20.7 Å². The number of aromatic nitrogens is 1. The van der Waals surface area contributed by atoms with Gasteiger partial charge in [-0.05, 0) is 53.0 Å². The Labute approximate surface area is 472 Å². The van der Waals surface area contributed by atoms with Crippen LogP contribution in [0.3, 0.4) is 0 Å². The molecule has 14 nitrogen and oxygen atoms in total. The predicted octanol–water partition coefficient (Wildman–Crippen LogP) is 11.0. The van der Waals surface area contributed by atoms with E-state index in [0.717, 1.165) is 33.4 Å². The number of fused-ring (bicyclic) bond motifs is 1. The second-order valence-corrected chi connectivity index (χ2v) is 20.5. The minimum Gasteiger partial charge on any atom is -0.497 e. The Kier molecular flexibility index (Phi) is 16.9. The third-order valence-electron chi connectivity index (χ3n) is 13.6. The van der Waals surface area contributed by atoms with Crippen LogP contribution in [-0.4, -0.2) is 76.9 Å². The molecular weight excluding hydrogens is 1040 g/mol. The lowest BCUT2D eigenvalue weighted by Crippen LogP contribution is -2.71. The van der Waals surface area contributed by atoms with E-state index < -0.39 is 46.4 Å². The summed E-state index contributed by atoms with van der Waals surface area (Å²) in [5.41, 5.74) is 3.86. The fraction of sp³-hybridized carbons (Fsp3) is 0.156. The second-order valence-electron chi connectivity index (χ2n) is 18.5. The first-order valence-electron chi connectivity index (χ1n) is 25.9. The van der Waals surface area contributed by atoms with E-state index in [1.165, 1.54) is 28.0 Å². The van der Waals surface area contributed by atoms with Crippen LogP contribution in [0.25, 0.3) is 0 Å². The van der Waals surface area contributed by atoms with Crippen LogP contribution in [0.1, 0.15) is 51.6 Å². The summed E-state index contributed by atoms with van der Waals surface area (Å²) in [6, 6.07) is 65.2. The molecule has 3 amide bonds. The van der Waals surface area contributed by atoms with Crippen molar-refractivity contribution in [2.45, 2.75) is 36.1 Å². The molecule has 1 aromatic heterocycles. The zero-order chi connectivity index (χ0) is 55.3. The molecule has 3 heterocycles. The molecule has 2 aliphatic rings. The van der Waals surface area contributed by atoms with Gasteiger partial charge in [-0.3, -0.25) is 14.5 Å². The van der Waals surface area contributed by atoms with Gasteiger partial charge in [0, 0.05) is 34.4 Å². The fourth-order valence-corrected chi connectivity index (χ4v) is 11.9. The van der Waals surface area contributed by atoms with Crippen LogP contribution in [0.5, 0.6) is 5.75 Å². The molecule has 0 radical (unpaired) electrons. The molecule has 1 unspecified atom stereocenters. The van der Waals surface area contributed by atoms with Gasteiger partial charge in [-0.25, -0.2) is 14.6 Å². The Balaban J connectivity index is 1.03. The molecule has 7 aromatic carbocycles. The number of methoxy groups -OCH3 is 1. The predicted molar refractivity (Wildman–Crippen MR) is 311 cm³/mol. The summed E-state index contributed by atoms with van der Waals surface area (Å²) in [5, 5.41) is 15.7. The summed E-state index contributed by atoms with van der Waals surface area (Å²) in [4.78, 5) is 69.8. The number of hydrogen-bond acceptors (Lipinski definition) is 13. The maximum Gasteiger partial charge on any atom is 0.407 e. The molecule has 0 aliphatic carbocycles. The van der Waals surface area contributed by atoms with Crippen LogP contribution in [0.15, 0.2) is 240 Å². The maximum absolute atomic E-state index is 15.4. The summed E-state index contributed by atoms with van der Waals surface area (Å²) in [6.07, 6.45) is 2.64. The van der Waals surface area contributed by atoms with Crippen molar-refractivity contribution in [2.75, 3.05) is 31.3 Å². The first-order valence-corrected chi connectivity index (χ1v) is 27.9. The quantitative estimate of drug-likeness (QED) is 0.0206. The van der Waals surface area contributed by atoms with Gasteiger partial charge in [-0.1, -0.05) is 205 Å². The third kappa shape index (κ3) is 11.3. The summed E-state index contributed by atoms with van der Waals surface area (Å²) < 4.78 is 16.4. The Hall–Kier alpha value is -9.25. The Morgan fingerprint density at radius 2 is 1.21 bits per heavy atom. The van der Waals surface area contributed by atoms with Crippen molar-refractivity contribution >= 4 is 57.8 Å². The molecule has 402 valence electrons. The summed E-state index contributed by atoms with van der Waals surface area (Å²) in [7, 11) is 1.56. The molecular formula is C64H56N6O8S2. The lowest BCUT2D eigenvalue weighted by Gasteiger charge is -2.49. The van der Waals surface area contributed by atoms with E-state index in [9.17, 15) is 14.4 Å². The number of alkyl carbamates (subject to hydrolysis) is 1. The van der Waals surface area contributed by atoms with Crippen molar-refractivity contribution in [1.82, 2.24) is 20.5 Å². The molecule has 2 atom stereocenters. The summed E-state index contributed by atoms with van der Waals surface area (Å²) in [5.74, 6) is -1.16. The monoisotopic (exact) mass is 1100 g/mol. The average Bonchev–Trinajstić information content (AvgIpc) is 3.78. The van der Waals surface area contributed by atoms with Crippen molar-refractivity contribution in [3.8, 4) is 5.75 Å². The number of oxime groups is 1. The highest BCUT2D eigenvalue weighted by molar-refractivity contribution is 8.00. The SMILES string of the molecule is CCNC(=O)OC/C=C\C1=C(C(=O)OCc2ccc(OC)cc2)N2C(=O)C(NC(=O)/C(=N\OC(c3ccccc3)(c3ccccc3)c3ccccc3)c3csc(NC(c4ccccc4)(c4ccccc4)c4ccccc4)n3)[C@H]2SC1. The van der Waals surface area contributed by atoms with Crippen LogP contribution >= 0.6 is 23.1 Å². The molecule has 80 heavy (non-hydrogen) atoms. The van der Waals surface area contributed by atoms with Crippen molar-refractivity contribution in [3.63, 3.8) is 0 Å². The highest BCUT2D eigenvalue weighted by Gasteiger charge is 2.55. The van der Waals surface area contributed by atoms with Crippen molar-refractivity contribution in [1.29, 1.82) is 0 Å². The van der Waals surface area contributed by atoms with Crippen molar-refractivity contribution in [3.05, 3.63) is 280 Å². The smallest absolute Gasteiger partial charge is 0.407 e. The number of thiazole rings is 1. The molecule has 16 heteroatoms. The fourth-order valence-electron chi connectivity index (χ4n) is 9.79. The highest BCUT2D eigenvalue weighted by atomic mass is 32.2. The van der Waals surface area contributed by atoms with E-state index in [4.69, 9.17) is 29.2 Å². The number of carbonyl (C=O) groups is 4. The van der Waals surface area contributed by atoms with E-state index in [1.54, 1.807) is 55.8 Å². The molecule has 10 rings (SSSR count). The van der Waals surface area contributed by atoms with Gasteiger partial charge in [-0.2, -0.15) is 0 Å². The molecule has 0 bridgehead atoms. The third-order valence-corrected chi connectivity index (χ3v) is 15.7.